The molecule has 0 radical (unpaired) electrons. The monoisotopic (exact) mass is 473 g/mol. The standard InChI is InChI=1S/C27H31N5O3/c1-19(2)17-25(33)30-13-15-31(16-14-30)27-24(18-21-9-11-23(12-10-21)32(34)35)20(3)28-26(29-27)22-7-5-4-6-8-22/h4-12,19H,13-18H2,1-3H3. The Labute approximate surface area is 205 Å². The van der Waals surface area contributed by atoms with Crippen molar-refractivity contribution in [3.8, 4) is 11.4 Å². The van der Waals surface area contributed by atoms with Crippen molar-refractivity contribution in [2.24, 2.45) is 5.92 Å². The maximum atomic E-state index is 12.6. The number of rotatable bonds is 7. The molecule has 1 amide bonds. The van der Waals surface area contributed by atoms with E-state index in [9.17, 15) is 14.9 Å². The number of benzene rings is 2. The normalized spacial score (nSPS) is 13.8. The van der Waals surface area contributed by atoms with Gasteiger partial charge in [-0.25, -0.2) is 9.97 Å². The molecule has 1 saturated heterocycles. The van der Waals surface area contributed by atoms with Crippen molar-refractivity contribution in [2.75, 3.05) is 31.1 Å². The van der Waals surface area contributed by atoms with Crippen molar-refractivity contribution in [1.29, 1.82) is 0 Å². The molecule has 0 saturated carbocycles. The van der Waals surface area contributed by atoms with Crippen LogP contribution in [0.5, 0.6) is 0 Å². The molecular formula is C27H31N5O3. The Morgan fingerprint density at radius 1 is 1.00 bits per heavy atom. The summed E-state index contributed by atoms with van der Waals surface area (Å²) in [6.45, 7) is 8.82. The zero-order valence-corrected chi connectivity index (χ0v) is 20.5. The van der Waals surface area contributed by atoms with Gasteiger partial charge in [-0.15, -0.1) is 0 Å². The minimum Gasteiger partial charge on any atom is -0.353 e. The number of anilines is 1. The predicted molar refractivity (Wildman–Crippen MR) is 136 cm³/mol. The molecule has 0 bridgehead atoms. The van der Waals surface area contributed by atoms with E-state index in [1.165, 1.54) is 12.1 Å². The first-order valence-corrected chi connectivity index (χ1v) is 12.0. The molecule has 1 aromatic heterocycles. The molecule has 2 aromatic carbocycles. The van der Waals surface area contributed by atoms with Crippen molar-refractivity contribution in [3.63, 3.8) is 0 Å². The summed E-state index contributed by atoms with van der Waals surface area (Å²) in [5, 5.41) is 11.0. The van der Waals surface area contributed by atoms with E-state index in [1.54, 1.807) is 12.1 Å². The van der Waals surface area contributed by atoms with Gasteiger partial charge in [-0.1, -0.05) is 56.3 Å². The van der Waals surface area contributed by atoms with Crippen molar-refractivity contribution in [2.45, 2.75) is 33.6 Å². The Kier molecular flexibility index (Phi) is 7.39. The van der Waals surface area contributed by atoms with Gasteiger partial charge in [0.1, 0.15) is 5.82 Å². The maximum Gasteiger partial charge on any atom is 0.269 e. The van der Waals surface area contributed by atoms with Crippen LogP contribution in [0.2, 0.25) is 0 Å². The van der Waals surface area contributed by atoms with Gasteiger partial charge >= 0.3 is 0 Å². The SMILES string of the molecule is Cc1nc(-c2ccccc2)nc(N2CCN(C(=O)CC(C)C)CC2)c1Cc1ccc([N+](=O)[O-])cc1. The Balaban J connectivity index is 1.64. The van der Waals surface area contributed by atoms with Crippen LogP contribution in [0.4, 0.5) is 11.5 Å². The van der Waals surface area contributed by atoms with E-state index in [2.05, 4.69) is 18.7 Å². The second-order valence-electron chi connectivity index (χ2n) is 9.37. The molecule has 4 rings (SSSR count). The Morgan fingerprint density at radius 2 is 1.66 bits per heavy atom. The van der Waals surface area contributed by atoms with Crippen LogP contribution in [0, 0.1) is 23.0 Å². The van der Waals surface area contributed by atoms with E-state index in [1.807, 2.05) is 42.2 Å². The van der Waals surface area contributed by atoms with Gasteiger partial charge in [-0.05, 0) is 18.4 Å². The summed E-state index contributed by atoms with van der Waals surface area (Å²) in [7, 11) is 0. The average Bonchev–Trinajstić information content (AvgIpc) is 2.85. The second kappa shape index (κ2) is 10.6. The lowest BCUT2D eigenvalue weighted by Gasteiger charge is -2.37. The van der Waals surface area contributed by atoms with Crippen molar-refractivity contribution in [1.82, 2.24) is 14.9 Å². The summed E-state index contributed by atoms with van der Waals surface area (Å²) in [6, 6.07) is 16.5. The number of carbonyl (C=O) groups is 1. The molecular weight excluding hydrogens is 442 g/mol. The van der Waals surface area contributed by atoms with Crippen LogP contribution >= 0.6 is 0 Å². The summed E-state index contributed by atoms with van der Waals surface area (Å²) in [5.74, 6) is 2.08. The number of aromatic nitrogens is 2. The number of amides is 1. The number of piperazine rings is 1. The minimum absolute atomic E-state index is 0.0727. The zero-order chi connectivity index (χ0) is 24.9. The summed E-state index contributed by atoms with van der Waals surface area (Å²) in [6.07, 6.45) is 1.14. The molecule has 3 aromatic rings. The van der Waals surface area contributed by atoms with Crippen LogP contribution in [0.15, 0.2) is 54.6 Å². The largest absolute Gasteiger partial charge is 0.353 e. The van der Waals surface area contributed by atoms with Crippen molar-refractivity contribution < 1.29 is 9.72 Å². The van der Waals surface area contributed by atoms with E-state index >= 15 is 0 Å². The zero-order valence-electron chi connectivity index (χ0n) is 20.5. The smallest absolute Gasteiger partial charge is 0.269 e. The number of hydrogen-bond donors (Lipinski definition) is 0. The Bertz CT molecular complexity index is 1190. The van der Waals surface area contributed by atoms with Crippen molar-refractivity contribution in [3.05, 3.63) is 81.5 Å². The Hall–Kier alpha value is -3.81. The molecule has 8 nitrogen and oxygen atoms in total. The minimum atomic E-state index is -0.391. The van der Waals surface area contributed by atoms with Gasteiger partial charge in [0.15, 0.2) is 5.82 Å². The molecule has 1 aliphatic heterocycles. The highest BCUT2D eigenvalue weighted by atomic mass is 16.6. The average molecular weight is 474 g/mol. The van der Waals surface area contributed by atoms with Gasteiger partial charge in [-0.3, -0.25) is 14.9 Å². The van der Waals surface area contributed by atoms with E-state index in [4.69, 9.17) is 9.97 Å². The summed E-state index contributed by atoms with van der Waals surface area (Å²) in [4.78, 5) is 37.2. The highest BCUT2D eigenvalue weighted by Crippen LogP contribution is 2.29. The van der Waals surface area contributed by atoms with E-state index in [-0.39, 0.29) is 11.6 Å². The lowest BCUT2D eigenvalue weighted by Crippen LogP contribution is -2.49. The first kappa shape index (κ1) is 24.3. The fourth-order valence-corrected chi connectivity index (χ4v) is 4.35. The number of aryl methyl sites for hydroxylation is 1. The lowest BCUT2D eigenvalue weighted by molar-refractivity contribution is -0.384. The number of nitro groups is 1. The first-order chi connectivity index (χ1) is 16.8. The fourth-order valence-electron chi connectivity index (χ4n) is 4.35. The van der Waals surface area contributed by atoms with E-state index < -0.39 is 4.92 Å². The third kappa shape index (κ3) is 5.82. The summed E-state index contributed by atoms with van der Waals surface area (Å²) in [5.41, 5.74) is 3.86. The molecule has 0 aliphatic carbocycles. The van der Waals surface area contributed by atoms with Crippen LogP contribution in [0.3, 0.4) is 0 Å². The maximum absolute atomic E-state index is 12.6. The quantitative estimate of drug-likeness (QED) is 0.366. The van der Waals surface area contributed by atoms with Gasteiger partial charge in [0.25, 0.3) is 5.69 Å². The molecule has 1 fully saturated rings. The molecule has 0 spiro atoms. The third-order valence-corrected chi connectivity index (χ3v) is 6.27. The molecule has 2 heterocycles. The fraction of sp³-hybridized carbons (Fsp3) is 0.370. The highest BCUT2D eigenvalue weighted by molar-refractivity contribution is 5.76. The molecule has 35 heavy (non-hydrogen) atoms. The molecule has 182 valence electrons. The molecule has 8 heteroatoms. The number of nitrogens with zero attached hydrogens (tertiary/aromatic N) is 5. The number of carbonyl (C=O) groups excluding carboxylic acids is 1. The van der Waals surface area contributed by atoms with Crippen LogP contribution in [0.25, 0.3) is 11.4 Å². The number of non-ortho nitro benzene ring substituents is 1. The second-order valence-corrected chi connectivity index (χ2v) is 9.37. The van der Waals surface area contributed by atoms with Gasteiger partial charge in [0.2, 0.25) is 5.91 Å². The Morgan fingerprint density at radius 3 is 2.26 bits per heavy atom. The first-order valence-electron chi connectivity index (χ1n) is 12.0. The van der Waals surface area contributed by atoms with Crippen LogP contribution in [0.1, 0.15) is 37.1 Å². The highest BCUT2D eigenvalue weighted by Gasteiger charge is 2.25. The van der Waals surface area contributed by atoms with E-state index in [0.717, 1.165) is 28.2 Å². The van der Waals surface area contributed by atoms with Crippen LogP contribution in [-0.4, -0.2) is 51.9 Å². The lowest BCUT2D eigenvalue weighted by atomic mass is 10.0. The van der Waals surface area contributed by atoms with Gasteiger partial charge < -0.3 is 9.80 Å². The van der Waals surface area contributed by atoms with Gasteiger partial charge in [0, 0.05) is 68.0 Å². The molecule has 0 atom stereocenters. The predicted octanol–water partition coefficient (Wildman–Crippen LogP) is 4.65. The molecule has 0 unspecified atom stereocenters. The topological polar surface area (TPSA) is 92.5 Å². The number of hydrogen-bond acceptors (Lipinski definition) is 6. The van der Waals surface area contributed by atoms with Gasteiger partial charge in [-0.2, -0.15) is 0 Å². The molecule has 1 aliphatic rings. The molecule has 0 N–H and O–H groups in total. The van der Waals surface area contributed by atoms with Crippen LogP contribution < -0.4 is 4.90 Å². The van der Waals surface area contributed by atoms with E-state index in [0.29, 0.717) is 50.8 Å². The summed E-state index contributed by atoms with van der Waals surface area (Å²) >= 11 is 0. The third-order valence-electron chi connectivity index (χ3n) is 6.27. The van der Waals surface area contributed by atoms with Crippen molar-refractivity contribution >= 4 is 17.4 Å². The summed E-state index contributed by atoms with van der Waals surface area (Å²) < 4.78 is 0. The number of nitro benzene ring substituents is 1. The van der Waals surface area contributed by atoms with Crippen LogP contribution in [-0.2, 0) is 11.2 Å². The van der Waals surface area contributed by atoms with Gasteiger partial charge in [0.05, 0.1) is 4.92 Å².